The van der Waals surface area contributed by atoms with Crippen LogP contribution in [0.2, 0.25) is 0 Å². The molecule has 4 rings (SSSR count). The molecule has 4 nitrogen and oxygen atoms in total. The molecule has 4 heteroatoms. The number of ether oxygens (including phenoxy) is 1. The van der Waals surface area contributed by atoms with Crippen molar-refractivity contribution in [3.05, 3.63) is 42.5 Å². The van der Waals surface area contributed by atoms with E-state index in [1.165, 1.54) is 0 Å². The maximum absolute atomic E-state index is 12.6. The third-order valence-electron chi connectivity index (χ3n) is 5.47. The predicted molar refractivity (Wildman–Crippen MR) is 95.1 cm³/mol. The summed E-state index contributed by atoms with van der Waals surface area (Å²) in [5.74, 6) is 2.37. The summed E-state index contributed by atoms with van der Waals surface area (Å²) in [6.45, 7) is 4.07. The molecule has 0 radical (unpaired) electrons. The zero-order valence-electron chi connectivity index (χ0n) is 13.9. The Hall–Kier alpha value is -2.07. The molecular weight excluding hydrogens is 300 g/mol. The van der Waals surface area contributed by atoms with E-state index in [-0.39, 0.29) is 12.5 Å². The third-order valence-corrected chi connectivity index (χ3v) is 5.47. The Bertz CT molecular complexity index is 711. The van der Waals surface area contributed by atoms with Crippen molar-refractivity contribution in [2.24, 2.45) is 11.8 Å². The molecule has 0 bridgehead atoms. The lowest BCUT2D eigenvalue weighted by atomic mass is 9.92. The molecule has 0 spiro atoms. The van der Waals surface area contributed by atoms with Crippen molar-refractivity contribution in [3.8, 4) is 5.75 Å². The molecule has 126 valence electrons. The molecular formula is C20H24N2O2. The van der Waals surface area contributed by atoms with Crippen LogP contribution in [0.25, 0.3) is 10.8 Å². The van der Waals surface area contributed by atoms with E-state index in [4.69, 9.17) is 4.74 Å². The van der Waals surface area contributed by atoms with Gasteiger partial charge in [0.25, 0.3) is 5.91 Å². The van der Waals surface area contributed by atoms with Gasteiger partial charge >= 0.3 is 0 Å². The fourth-order valence-corrected chi connectivity index (χ4v) is 4.02. The number of nitrogens with zero attached hydrogens (tertiary/aromatic N) is 1. The van der Waals surface area contributed by atoms with E-state index in [2.05, 4.69) is 17.4 Å². The SMILES string of the molecule is O=C(COc1cccc2ccccc12)N1CC[C@@H]2CNC[C@@H]2CC1. The first-order valence-corrected chi connectivity index (χ1v) is 8.90. The second-order valence-corrected chi connectivity index (χ2v) is 6.90. The van der Waals surface area contributed by atoms with Gasteiger partial charge in [-0.2, -0.15) is 0 Å². The van der Waals surface area contributed by atoms with Gasteiger partial charge in [-0.15, -0.1) is 0 Å². The van der Waals surface area contributed by atoms with E-state index in [1.54, 1.807) is 0 Å². The zero-order valence-corrected chi connectivity index (χ0v) is 13.9. The number of fused-ring (bicyclic) bond motifs is 2. The van der Waals surface area contributed by atoms with Gasteiger partial charge in [0.15, 0.2) is 6.61 Å². The van der Waals surface area contributed by atoms with Gasteiger partial charge in [0, 0.05) is 18.5 Å². The molecule has 0 aliphatic carbocycles. The number of carbonyl (C=O) groups excluding carboxylic acids is 1. The van der Waals surface area contributed by atoms with Crippen LogP contribution in [-0.2, 0) is 4.79 Å². The number of carbonyl (C=O) groups is 1. The van der Waals surface area contributed by atoms with Crippen LogP contribution in [0.4, 0.5) is 0 Å². The van der Waals surface area contributed by atoms with Crippen molar-refractivity contribution < 1.29 is 9.53 Å². The van der Waals surface area contributed by atoms with Gasteiger partial charge in [0.2, 0.25) is 0 Å². The van der Waals surface area contributed by atoms with Crippen molar-refractivity contribution in [1.82, 2.24) is 10.2 Å². The van der Waals surface area contributed by atoms with E-state index in [1.807, 2.05) is 35.2 Å². The number of hydrogen-bond acceptors (Lipinski definition) is 3. The Labute approximate surface area is 142 Å². The summed E-state index contributed by atoms with van der Waals surface area (Å²) < 4.78 is 5.87. The molecule has 2 heterocycles. The van der Waals surface area contributed by atoms with Gasteiger partial charge in [-0.05, 0) is 49.2 Å². The molecule has 0 unspecified atom stereocenters. The Balaban J connectivity index is 1.39. The summed E-state index contributed by atoms with van der Waals surface area (Å²) in [4.78, 5) is 14.6. The summed E-state index contributed by atoms with van der Waals surface area (Å²) in [6, 6.07) is 14.1. The Morgan fingerprint density at radius 2 is 1.75 bits per heavy atom. The Kier molecular flexibility index (Phi) is 4.39. The predicted octanol–water partition coefficient (Wildman–Crippen LogP) is 2.68. The molecule has 24 heavy (non-hydrogen) atoms. The van der Waals surface area contributed by atoms with Crippen LogP contribution in [0.15, 0.2) is 42.5 Å². The summed E-state index contributed by atoms with van der Waals surface area (Å²) >= 11 is 0. The summed E-state index contributed by atoms with van der Waals surface area (Å²) in [5.41, 5.74) is 0. The van der Waals surface area contributed by atoms with Crippen LogP contribution in [0.3, 0.4) is 0 Å². The fraction of sp³-hybridized carbons (Fsp3) is 0.450. The maximum atomic E-state index is 12.6. The van der Waals surface area contributed by atoms with Crippen LogP contribution in [0, 0.1) is 11.8 Å². The minimum absolute atomic E-state index is 0.107. The smallest absolute Gasteiger partial charge is 0.260 e. The lowest BCUT2D eigenvalue weighted by molar-refractivity contribution is -0.133. The number of benzene rings is 2. The molecule has 2 aromatic carbocycles. The standard InChI is InChI=1S/C20H24N2O2/c23-20(22-10-8-16-12-21-13-17(16)9-11-22)14-24-19-7-3-5-15-4-1-2-6-18(15)19/h1-7,16-17,21H,8-14H2/t16-,17+. The average molecular weight is 324 g/mol. The quantitative estimate of drug-likeness (QED) is 0.944. The highest BCUT2D eigenvalue weighted by molar-refractivity contribution is 5.88. The maximum Gasteiger partial charge on any atom is 0.260 e. The second-order valence-electron chi connectivity index (χ2n) is 6.90. The van der Waals surface area contributed by atoms with Gasteiger partial charge in [0.1, 0.15) is 5.75 Å². The molecule has 2 atom stereocenters. The molecule has 2 saturated heterocycles. The summed E-state index contributed by atoms with van der Waals surface area (Å²) in [5, 5.41) is 5.67. The number of amides is 1. The first kappa shape index (κ1) is 15.5. The second kappa shape index (κ2) is 6.81. The topological polar surface area (TPSA) is 41.6 Å². The highest BCUT2D eigenvalue weighted by Crippen LogP contribution is 2.28. The van der Waals surface area contributed by atoms with E-state index < -0.39 is 0 Å². The van der Waals surface area contributed by atoms with Gasteiger partial charge in [-0.3, -0.25) is 4.79 Å². The summed E-state index contributed by atoms with van der Waals surface area (Å²) in [7, 11) is 0. The molecule has 2 aliphatic rings. The highest BCUT2D eigenvalue weighted by atomic mass is 16.5. The molecule has 0 saturated carbocycles. The van der Waals surface area contributed by atoms with Crippen LogP contribution in [0.5, 0.6) is 5.75 Å². The number of likely N-dealkylation sites (tertiary alicyclic amines) is 1. The molecule has 2 fully saturated rings. The normalized spacial score (nSPS) is 23.8. The van der Waals surface area contributed by atoms with Crippen LogP contribution >= 0.6 is 0 Å². The monoisotopic (exact) mass is 324 g/mol. The number of nitrogens with one attached hydrogen (secondary N) is 1. The molecule has 2 aliphatic heterocycles. The molecule has 1 N–H and O–H groups in total. The number of hydrogen-bond donors (Lipinski definition) is 1. The third kappa shape index (κ3) is 3.11. The number of rotatable bonds is 3. The van der Waals surface area contributed by atoms with Crippen LogP contribution < -0.4 is 10.1 Å². The first-order valence-electron chi connectivity index (χ1n) is 8.90. The Morgan fingerprint density at radius 3 is 2.54 bits per heavy atom. The van der Waals surface area contributed by atoms with Gasteiger partial charge < -0.3 is 15.0 Å². The highest BCUT2D eigenvalue weighted by Gasteiger charge is 2.31. The summed E-state index contributed by atoms with van der Waals surface area (Å²) in [6.07, 6.45) is 2.22. The van der Waals surface area contributed by atoms with E-state index in [0.717, 1.165) is 67.4 Å². The average Bonchev–Trinajstić information content (AvgIpc) is 2.98. The molecule has 1 amide bonds. The lowest BCUT2D eigenvalue weighted by Crippen LogP contribution is -2.36. The van der Waals surface area contributed by atoms with E-state index in [0.29, 0.717) is 0 Å². The first-order chi connectivity index (χ1) is 11.8. The van der Waals surface area contributed by atoms with Crippen LogP contribution in [0.1, 0.15) is 12.8 Å². The van der Waals surface area contributed by atoms with Crippen LogP contribution in [-0.4, -0.2) is 43.6 Å². The lowest BCUT2D eigenvalue weighted by Gasteiger charge is -2.21. The van der Waals surface area contributed by atoms with Gasteiger partial charge in [-0.25, -0.2) is 0 Å². The van der Waals surface area contributed by atoms with E-state index >= 15 is 0 Å². The van der Waals surface area contributed by atoms with Crippen molar-refractivity contribution >= 4 is 16.7 Å². The Morgan fingerprint density at radius 1 is 1.04 bits per heavy atom. The van der Waals surface area contributed by atoms with Gasteiger partial charge in [0.05, 0.1) is 0 Å². The van der Waals surface area contributed by atoms with Crippen molar-refractivity contribution in [1.29, 1.82) is 0 Å². The fourth-order valence-electron chi connectivity index (χ4n) is 4.02. The largest absolute Gasteiger partial charge is 0.483 e. The zero-order chi connectivity index (χ0) is 16.4. The van der Waals surface area contributed by atoms with Gasteiger partial charge in [-0.1, -0.05) is 36.4 Å². The van der Waals surface area contributed by atoms with Crippen molar-refractivity contribution in [2.45, 2.75) is 12.8 Å². The van der Waals surface area contributed by atoms with Crippen molar-refractivity contribution in [3.63, 3.8) is 0 Å². The van der Waals surface area contributed by atoms with Crippen molar-refractivity contribution in [2.75, 3.05) is 32.8 Å². The molecule has 2 aromatic rings. The van der Waals surface area contributed by atoms with E-state index in [9.17, 15) is 4.79 Å². The minimum Gasteiger partial charge on any atom is -0.483 e. The minimum atomic E-state index is 0.107. The molecule has 0 aromatic heterocycles.